The number of benzene rings is 2. The highest BCUT2D eigenvalue weighted by molar-refractivity contribution is 7.98. The van der Waals surface area contributed by atoms with Gasteiger partial charge in [0, 0.05) is 24.1 Å². The molecule has 9 heteroatoms. The Labute approximate surface area is 189 Å². The van der Waals surface area contributed by atoms with Crippen LogP contribution >= 0.6 is 11.8 Å². The summed E-state index contributed by atoms with van der Waals surface area (Å²) in [6, 6.07) is 13.8. The number of rotatable bonds is 8. The number of hydrogen-bond donors (Lipinski definition) is 1. The number of aryl methyl sites for hydroxylation is 4. The second-order valence-corrected chi connectivity index (χ2v) is 8.48. The van der Waals surface area contributed by atoms with Crippen molar-refractivity contribution in [2.24, 2.45) is 0 Å². The maximum Gasteiger partial charge on any atom is 0.277 e. The number of nitrogens with one attached hydrogen (secondary N) is 1. The van der Waals surface area contributed by atoms with Crippen LogP contribution in [0, 0.1) is 20.8 Å². The number of amides is 1. The van der Waals surface area contributed by atoms with E-state index in [0.29, 0.717) is 35.0 Å². The number of carbonyl (C=O) groups excluding carboxylic acids is 1. The predicted octanol–water partition coefficient (Wildman–Crippen LogP) is 4.91. The minimum atomic E-state index is -0.0985. The van der Waals surface area contributed by atoms with Gasteiger partial charge in [-0.3, -0.25) is 4.79 Å². The molecule has 0 radical (unpaired) electrons. The monoisotopic (exact) mass is 449 g/mol. The van der Waals surface area contributed by atoms with Crippen molar-refractivity contribution in [3.05, 3.63) is 70.9 Å². The topological polar surface area (TPSA) is 107 Å². The van der Waals surface area contributed by atoms with E-state index in [2.05, 4.69) is 31.7 Å². The van der Waals surface area contributed by atoms with Crippen LogP contribution in [-0.4, -0.2) is 26.2 Å². The molecule has 2 aromatic heterocycles. The second-order valence-electron chi connectivity index (χ2n) is 7.56. The number of carbonyl (C=O) groups is 1. The van der Waals surface area contributed by atoms with E-state index in [-0.39, 0.29) is 12.3 Å². The summed E-state index contributed by atoms with van der Waals surface area (Å²) >= 11 is 1.33. The summed E-state index contributed by atoms with van der Waals surface area (Å²) in [7, 11) is 0. The predicted molar refractivity (Wildman–Crippen MR) is 121 cm³/mol. The van der Waals surface area contributed by atoms with E-state index in [1.54, 1.807) is 0 Å². The Kier molecular flexibility index (Phi) is 6.65. The summed E-state index contributed by atoms with van der Waals surface area (Å²) in [5, 5.41) is 15.4. The maximum absolute atomic E-state index is 12.2. The van der Waals surface area contributed by atoms with Gasteiger partial charge in [-0.25, -0.2) is 0 Å². The molecule has 0 saturated heterocycles. The molecule has 1 N–H and O–H groups in total. The smallest absolute Gasteiger partial charge is 0.277 e. The molecular weight excluding hydrogens is 426 g/mol. The van der Waals surface area contributed by atoms with Gasteiger partial charge in [0.2, 0.25) is 17.7 Å². The van der Waals surface area contributed by atoms with Crippen LogP contribution in [0.2, 0.25) is 0 Å². The van der Waals surface area contributed by atoms with Crippen LogP contribution in [0.4, 0.5) is 5.69 Å². The molecule has 4 rings (SSSR count). The van der Waals surface area contributed by atoms with Crippen molar-refractivity contribution in [2.75, 3.05) is 5.32 Å². The normalized spacial score (nSPS) is 11.0. The molecule has 0 saturated carbocycles. The summed E-state index contributed by atoms with van der Waals surface area (Å²) in [6.45, 7) is 6.02. The number of hydrogen-bond acceptors (Lipinski definition) is 8. The van der Waals surface area contributed by atoms with Gasteiger partial charge in [-0.1, -0.05) is 40.7 Å². The molecule has 0 unspecified atom stereocenters. The molecule has 1 amide bonds. The zero-order chi connectivity index (χ0) is 22.5. The van der Waals surface area contributed by atoms with E-state index in [0.717, 1.165) is 22.4 Å². The first kappa shape index (κ1) is 21.8. The van der Waals surface area contributed by atoms with Crippen LogP contribution in [-0.2, 0) is 17.0 Å². The molecule has 2 aromatic carbocycles. The van der Waals surface area contributed by atoms with Gasteiger partial charge >= 0.3 is 0 Å². The number of thioether (sulfide) groups is 1. The first-order valence-corrected chi connectivity index (χ1v) is 11.2. The maximum atomic E-state index is 12.2. The lowest BCUT2D eigenvalue weighted by Gasteiger charge is -2.06. The minimum absolute atomic E-state index is 0.0985. The zero-order valence-electron chi connectivity index (χ0n) is 18.1. The Balaban J connectivity index is 1.26. The van der Waals surface area contributed by atoms with Gasteiger partial charge in [0.15, 0.2) is 5.82 Å². The highest BCUT2D eigenvalue weighted by Gasteiger charge is 2.13. The third-order valence-corrected chi connectivity index (χ3v) is 5.43. The molecule has 8 nitrogen and oxygen atoms in total. The molecule has 164 valence electrons. The van der Waals surface area contributed by atoms with Crippen molar-refractivity contribution >= 4 is 23.4 Å². The quantitative estimate of drug-likeness (QED) is 0.378. The fourth-order valence-corrected chi connectivity index (χ4v) is 3.75. The summed E-state index contributed by atoms with van der Waals surface area (Å²) in [4.78, 5) is 16.6. The molecule has 0 spiro atoms. The van der Waals surface area contributed by atoms with Crippen molar-refractivity contribution in [1.29, 1.82) is 0 Å². The Morgan fingerprint density at radius 1 is 1.00 bits per heavy atom. The van der Waals surface area contributed by atoms with Crippen molar-refractivity contribution in [3.63, 3.8) is 0 Å². The Morgan fingerprint density at radius 3 is 2.50 bits per heavy atom. The van der Waals surface area contributed by atoms with Crippen LogP contribution in [0.25, 0.3) is 11.5 Å². The van der Waals surface area contributed by atoms with E-state index < -0.39 is 0 Å². The molecule has 0 bridgehead atoms. The fourth-order valence-electron chi connectivity index (χ4n) is 3.15. The van der Waals surface area contributed by atoms with Crippen LogP contribution in [0.3, 0.4) is 0 Å². The molecule has 0 aliphatic heterocycles. The SMILES string of the molecule is Cc1ccc(-c2nnc(SCc3noc(CCC(=O)Nc4cc(C)cc(C)c4)n3)o2)cc1. The van der Waals surface area contributed by atoms with Gasteiger partial charge in [-0.05, 0) is 56.2 Å². The summed E-state index contributed by atoms with van der Waals surface area (Å²) in [5.74, 6) is 1.72. The highest BCUT2D eigenvalue weighted by atomic mass is 32.2. The summed E-state index contributed by atoms with van der Waals surface area (Å²) in [5.41, 5.74) is 5.03. The molecule has 2 heterocycles. The largest absolute Gasteiger partial charge is 0.411 e. The summed E-state index contributed by atoms with van der Waals surface area (Å²) in [6.07, 6.45) is 0.623. The lowest BCUT2D eigenvalue weighted by atomic mass is 10.1. The fraction of sp³-hybridized carbons (Fsp3) is 0.261. The van der Waals surface area contributed by atoms with E-state index >= 15 is 0 Å². The highest BCUT2D eigenvalue weighted by Crippen LogP contribution is 2.25. The van der Waals surface area contributed by atoms with E-state index in [1.807, 2.05) is 57.2 Å². The van der Waals surface area contributed by atoms with Crippen LogP contribution < -0.4 is 5.32 Å². The Bertz CT molecular complexity index is 1200. The van der Waals surface area contributed by atoms with Gasteiger partial charge in [-0.15, -0.1) is 10.2 Å². The van der Waals surface area contributed by atoms with Gasteiger partial charge in [0.05, 0.1) is 5.75 Å². The van der Waals surface area contributed by atoms with E-state index in [9.17, 15) is 4.79 Å². The molecular formula is C23H23N5O3S. The van der Waals surface area contributed by atoms with Crippen molar-refractivity contribution in [2.45, 2.75) is 44.6 Å². The first-order chi connectivity index (χ1) is 15.4. The van der Waals surface area contributed by atoms with Crippen LogP contribution in [0.15, 0.2) is 56.6 Å². The van der Waals surface area contributed by atoms with Gasteiger partial charge in [-0.2, -0.15) is 4.98 Å². The molecule has 0 fully saturated rings. The lowest BCUT2D eigenvalue weighted by Crippen LogP contribution is -2.12. The van der Waals surface area contributed by atoms with Crippen molar-refractivity contribution < 1.29 is 13.7 Å². The number of anilines is 1. The molecule has 0 atom stereocenters. The average molecular weight is 450 g/mol. The van der Waals surface area contributed by atoms with E-state index in [1.165, 1.54) is 17.3 Å². The summed E-state index contributed by atoms with van der Waals surface area (Å²) < 4.78 is 10.9. The third-order valence-electron chi connectivity index (χ3n) is 4.61. The van der Waals surface area contributed by atoms with Gasteiger partial charge < -0.3 is 14.3 Å². The molecule has 4 aromatic rings. The Hall–Kier alpha value is -3.46. The average Bonchev–Trinajstić information content (AvgIpc) is 3.40. The third kappa shape index (κ3) is 5.82. The van der Waals surface area contributed by atoms with Crippen molar-refractivity contribution in [1.82, 2.24) is 20.3 Å². The Morgan fingerprint density at radius 2 is 1.75 bits per heavy atom. The minimum Gasteiger partial charge on any atom is -0.411 e. The number of nitrogens with zero attached hydrogens (tertiary/aromatic N) is 4. The standard InChI is InChI=1S/C23H23N5O3S/c1-14-4-6-17(7-5-14)22-26-27-23(30-22)32-13-19-25-21(31-28-19)9-8-20(29)24-18-11-15(2)10-16(3)12-18/h4-7,10-12H,8-9,13H2,1-3H3,(H,24,29). The molecule has 0 aliphatic carbocycles. The zero-order valence-corrected chi connectivity index (χ0v) is 18.9. The molecule has 0 aliphatic rings. The number of aromatic nitrogens is 4. The van der Waals surface area contributed by atoms with Crippen LogP contribution in [0.5, 0.6) is 0 Å². The van der Waals surface area contributed by atoms with Gasteiger partial charge in [0.1, 0.15) is 0 Å². The van der Waals surface area contributed by atoms with Crippen molar-refractivity contribution in [3.8, 4) is 11.5 Å². The van der Waals surface area contributed by atoms with Gasteiger partial charge in [0.25, 0.3) is 5.22 Å². The lowest BCUT2D eigenvalue weighted by molar-refractivity contribution is -0.116. The van der Waals surface area contributed by atoms with E-state index in [4.69, 9.17) is 8.94 Å². The second kappa shape index (κ2) is 9.78. The first-order valence-electron chi connectivity index (χ1n) is 10.2. The molecule has 32 heavy (non-hydrogen) atoms. The van der Waals surface area contributed by atoms with Crippen LogP contribution in [0.1, 0.15) is 34.8 Å².